The molecule has 1 aliphatic rings. The number of carbonyl (C=O) groups is 1. The van der Waals surface area contributed by atoms with Crippen LogP contribution in [0.5, 0.6) is 0 Å². The van der Waals surface area contributed by atoms with Crippen molar-refractivity contribution >= 4 is 22.9 Å². The Hall–Kier alpha value is -2.19. The number of nitrogens with one attached hydrogen (secondary N) is 1. The van der Waals surface area contributed by atoms with Gasteiger partial charge in [0.1, 0.15) is 11.9 Å². The molecule has 1 aliphatic carbocycles. The number of anilines is 1. The van der Waals surface area contributed by atoms with Crippen molar-refractivity contribution in [2.24, 2.45) is 0 Å². The number of carbonyl (C=O) groups excluding carboxylic acids is 1. The first kappa shape index (κ1) is 13.8. The minimum Gasteiger partial charge on any atom is -0.320 e. The second-order valence-corrected chi connectivity index (χ2v) is 6.16. The molecule has 0 saturated heterocycles. The van der Waals surface area contributed by atoms with E-state index >= 15 is 0 Å². The van der Waals surface area contributed by atoms with Gasteiger partial charge in [-0.25, -0.2) is 4.39 Å². The van der Waals surface area contributed by atoms with E-state index in [1.807, 2.05) is 12.1 Å². The van der Waals surface area contributed by atoms with Crippen LogP contribution >= 0.6 is 11.3 Å². The molecular weight excluding hydrogens is 287 g/mol. The SMILES string of the molecule is N#Cc1cc(F)ccc1NC(=O)c1cc2c(s1)CCCC2. The van der Waals surface area contributed by atoms with Crippen LogP contribution in [0, 0.1) is 17.1 Å². The van der Waals surface area contributed by atoms with Crippen molar-refractivity contribution in [3.05, 3.63) is 51.0 Å². The second-order valence-electron chi connectivity index (χ2n) is 5.02. The van der Waals surface area contributed by atoms with Crippen molar-refractivity contribution in [2.45, 2.75) is 25.7 Å². The Balaban J connectivity index is 1.84. The van der Waals surface area contributed by atoms with Crippen LogP contribution < -0.4 is 5.32 Å². The quantitative estimate of drug-likeness (QED) is 0.914. The van der Waals surface area contributed by atoms with E-state index in [-0.39, 0.29) is 11.5 Å². The largest absolute Gasteiger partial charge is 0.320 e. The van der Waals surface area contributed by atoms with E-state index in [1.165, 1.54) is 46.8 Å². The summed E-state index contributed by atoms with van der Waals surface area (Å²) >= 11 is 1.51. The molecule has 1 N–H and O–H groups in total. The van der Waals surface area contributed by atoms with Gasteiger partial charge in [-0.05, 0) is 55.5 Å². The van der Waals surface area contributed by atoms with Gasteiger partial charge < -0.3 is 5.32 Å². The van der Waals surface area contributed by atoms with Gasteiger partial charge in [0.15, 0.2) is 0 Å². The molecule has 0 atom stereocenters. The highest BCUT2D eigenvalue weighted by Crippen LogP contribution is 2.30. The fourth-order valence-electron chi connectivity index (χ4n) is 2.50. The van der Waals surface area contributed by atoms with Gasteiger partial charge in [0.2, 0.25) is 0 Å². The lowest BCUT2D eigenvalue weighted by Crippen LogP contribution is -2.11. The van der Waals surface area contributed by atoms with Crippen molar-refractivity contribution in [1.82, 2.24) is 0 Å². The van der Waals surface area contributed by atoms with Gasteiger partial charge in [0.05, 0.1) is 16.1 Å². The number of thiophene rings is 1. The molecule has 2 aromatic rings. The average Bonchev–Trinajstić information content (AvgIpc) is 2.93. The van der Waals surface area contributed by atoms with E-state index in [1.54, 1.807) is 0 Å². The van der Waals surface area contributed by atoms with Gasteiger partial charge in [-0.2, -0.15) is 5.26 Å². The maximum absolute atomic E-state index is 13.1. The predicted octanol–water partition coefficient (Wildman–Crippen LogP) is 3.89. The highest BCUT2D eigenvalue weighted by molar-refractivity contribution is 7.14. The smallest absolute Gasteiger partial charge is 0.265 e. The summed E-state index contributed by atoms with van der Waals surface area (Å²) in [6.45, 7) is 0. The highest BCUT2D eigenvalue weighted by atomic mass is 32.1. The number of hydrogen-bond donors (Lipinski definition) is 1. The second kappa shape index (κ2) is 5.66. The van der Waals surface area contributed by atoms with E-state index in [9.17, 15) is 9.18 Å². The molecule has 0 aliphatic heterocycles. The summed E-state index contributed by atoms with van der Waals surface area (Å²) < 4.78 is 13.1. The summed E-state index contributed by atoms with van der Waals surface area (Å²) in [4.78, 5) is 14.2. The highest BCUT2D eigenvalue weighted by Gasteiger charge is 2.18. The molecule has 3 nitrogen and oxygen atoms in total. The molecular formula is C16H13FN2OS. The molecule has 0 unspecified atom stereocenters. The minimum absolute atomic E-state index is 0.129. The third kappa shape index (κ3) is 2.81. The first-order chi connectivity index (χ1) is 10.2. The fourth-order valence-corrected chi connectivity index (χ4v) is 3.65. The topological polar surface area (TPSA) is 52.9 Å². The molecule has 5 heteroatoms. The molecule has 3 rings (SSSR count). The lowest BCUT2D eigenvalue weighted by molar-refractivity contribution is 0.103. The van der Waals surface area contributed by atoms with E-state index < -0.39 is 5.82 Å². The standard InChI is InChI=1S/C16H13FN2OS/c17-12-5-6-13(11(7-12)9-18)19-16(20)15-8-10-3-1-2-4-14(10)21-15/h5-8H,1-4H2,(H,19,20). The molecule has 0 fully saturated rings. The molecule has 0 saturated carbocycles. The van der Waals surface area contributed by atoms with Crippen LogP contribution in [0.2, 0.25) is 0 Å². The predicted molar refractivity (Wildman–Crippen MR) is 80.0 cm³/mol. The van der Waals surface area contributed by atoms with Crippen LogP contribution in [0.15, 0.2) is 24.3 Å². The van der Waals surface area contributed by atoms with Crippen LogP contribution in [0.4, 0.5) is 10.1 Å². The van der Waals surface area contributed by atoms with E-state index in [0.29, 0.717) is 10.6 Å². The first-order valence-corrected chi connectivity index (χ1v) is 7.61. The number of fused-ring (bicyclic) bond motifs is 1. The van der Waals surface area contributed by atoms with Gasteiger partial charge in [0, 0.05) is 4.88 Å². The number of hydrogen-bond acceptors (Lipinski definition) is 3. The van der Waals surface area contributed by atoms with Crippen LogP contribution in [-0.4, -0.2) is 5.91 Å². The van der Waals surface area contributed by atoms with Crippen LogP contribution in [-0.2, 0) is 12.8 Å². The molecule has 0 spiro atoms. The number of nitrogens with zero attached hydrogens (tertiary/aromatic N) is 1. The number of halogens is 1. The maximum Gasteiger partial charge on any atom is 0.265 e. The zero-order chi connectivity index (χ0) is 14.8. The van der Waals surface area contributed by atoms with Crippen molar-refractivity contribution in [2.75, 3.05) is 5.32 Å². The first-order valence-electron chi connectivity index (χ1n) is 6.80. The summed E-state index contributed by atoms with van der Waals surface area (Å²) in [6, 6.07) is 7.59. The van der Waals surface area contributed by atoms with Crippen molar-refractivity contribution < 1.29 is 9.18 Å². The van der Waals surface area contributed by atoms with Crippen LogP contribution in [0.25, 0.3) is 0 Å². The molecule has 1 amide bonds. The van der Waals surface area contributed by atoms with Gasteiger partial charge in [-0.15, -0.1) is 11.3 Å². The molecule has 106 valence electrons. The Morgan fingerprint density at radius 1 is 1.29 bits per heavy atom. The van der Waals surface area contributed by atoms with Crippen molar-refractivity contribution in [3.63, 3.8) is 0 Å². The Morgan fingerprint density at radius 2 is 2.10 bits per heavy atom. The Morgan fingerprint density at radius 3 is 2.86 bits per heavy atom. The fraction of sp³-hybridized carbons (Fsp3) is 0.250. The molecule has 21 heavy (non-hydrogen) atoms. The van der Waals surface area contributed by atoms with Gasteiger partial charge >= 0.3 is 0 Å². The molecule has 1 aromatic carbocycles. The van der Waals surface area contributed by atoms with Crippen LogP contribution in [0.1, 0.15) is 38.5 Å². The Labute approximate surface area is 126 Å². The third-order valence-corrected chi connectivity index (χ3v) is 4.81. The third-order valence-electron chi connectivity index (χ3n) is 3.57. The maximum atomic E-state index is 13.1. The normalized spacial score (nSPS) is 13.3. The van der Waals surface area contributed by atoms with E-state index in [0.717, 1.165) is 18.9 Å². The van der Waals surface area contributed by atoms with Gasteiger partial charge in [0.25, 0.3) is 5.91 Å². The molecule has 1 heterocycles. The number of benzene rings is 1. The van der Waals surface area contributed by atoms with Crippen molar-refractivity contribution in [1.29, 1.82) is 5.26 Å². The summed E-state index contributed by atoms with van der Waals surface area (Å²) in [5.41, 5.74) is 1.73. The number of aryl methyl sites for hydroxylation is 2. The van der Waals surface area contributed by atoms with E-state index in [4.69, 9.17) is 5.26 Å². The van der Waals surface area contributed by atoms with Crippen molar-refractivity contribution in [3.8, 4) is 6.07 Å². The lowest BCUT2D eigenvalue weighted by Gasteiger charge is -2.08. The summed E-state index contributed by atoms with van der Waals surface area (Å²) in [7, 11) is 0. The Bertz CT molecular complexity index is 722. The average molecular weight is 300 g/mol. The zero-order valence-electron chi connectivity index (χ0n) is 11.3. The minimum atomic E-state index is -0.490. The summed E-state index contributed by atoms with van der Waals surface area (Å²) in [5, 5.41) is 11.7. The number of rotatable bonds is 2. The summed E-state index contributed by atoms with van der Waals surface area (Å²) in [6.07, 6.45) is 4.40. The lowest BCUT2D eigenvalue weighted by atomic mass is 9.99. The summed E-state index contributed by atoms with van der Waals surface area (Å²) in [5.74, 6) is -0.728. The molecule has 1 aromatic heterocycles. The monoisotopic (exact) mass is 300 g/mol. The molecule has 0 radical (unpaired) electrons. The van der Waals surface area contributed by atoms with Crippen LogP contribution in [0.3, 0.4) is 0 Å². The number of nitriles is 1. The number of amides is 1. The Kier molecular flexibility index (Phi) is 3.72. The van der Waals surface area contributed by atoms with Gasteiger partial charge in [-0.1, -0.05) is 0 Å². The van der Waals surface area contributed by atoms with E-state index in [2.05, 4.69) is 5.32 Å². The zero-order valence-corrected chi connectivity index (χ0v) is 12.1. The molecule has 0 bridgehead atoms. The van der Waals surface area contributed by atoms with Gasteiger partial charge in [-0.3, -0.25) is 4.79 Å².